The van der Waals surface area contributed by atoms with Gasteiger partial charge in [0.2, 0.25) is 0 Å². The zero-order valence-corrected chi connectivity index (χ0v) is 15.9. The van der Waals surface area contributed by atoms with E-state index >= 15 is 0 Å². The molecule has 1 aromatic rings. The summed E-state index contributed by atoms with van der Waals surface area (Å²) in [6, 6.07) is 10.5. The molecule has 0 heterocycles. The summed E-state index contributed by atoms with van der Waals surface area (Å²) < 4.78 is 19.0. The molecule has 0 unspecified atom stereocenters. The third-order valence-corrected chi connectivity index (χ3v) is 11.9. The average molecular weight is 360 g/mol. The fraction of sp³-hybridized carbons (Fsp3) is 0.625. The van der Waals surface area contributed by atoms with Crippen molar-refractivity contribution in [1.29, 1.82) is 0 Å². The van der Waals surface area contributed by atoms with Crippen LogP contribution < -0.4 is 0 Å². The number of hydrogen-bond acceptors (Lipinski definition) is 3. The number of rotatable bonds is 9. The summed E-state index contributed by atoms with van der Waals surface area (Å²) in [4.78, 5) is 0. The van der Waals surface area contributed by atoms with E-state index in [1.165, 1.54) is 5.56 Å². The molecule has 0 saturated carbocycles. The van der Waals surface area contributed by atoms with Crippen LogP contribution in [0.15, 0.2) is 30.3 Å². The van der Waals surface area contributed by atoms with E-state index in [2.05, 4.69) is 38.1 Å². The van der Waals surface area contributed by atoms with E-state index in [0.29, 0.717) is 19.8 Å². The molecule has 0 amide bonds. The quantitative estimate of drug-likeness (QED) is 0.654. The van der Waals surface area contributed by atoms with Gasteiger partial charge in [-0.15, -0.1) is 0 Å². The molecule has 1 rings (SSSR count). The molecule has 3 nitrogen and oxygen atoms in total. The number of benzene rings is 1. The van der Waals surface area contributed by atoms with E-state index in [0.717, 1.165) is 4.13 Å². The van der Waals surface area contributed by atoms with Crippen LogP contribution in [0.1, 0.15) is 40.2 Å². The van der Waals surface area contributed by atoms with E-state index in [-0.39, 0.29) is 5.41 Å². The second-order valence-electron chi connectivity index (χ2n) is 5.41. The molecular weight excluding hydrogens is 331 g/mol. The van der Waals surface area contributed by atoms with Gasteiger partial charge in [0.1, 0.15) is 0 Å². The van der Waals surface area contributed by atoms with Gasteiger partial charge >= 0.3 is 130 Å². The van der Waals surface area contributed by atoms with E-state index in [4.69, 9.17) is 8.44 Å². The van der Waals surface area contributed by atoms with Gasteiger partial charge in [-0.1, -0.05) is 0 Å². The van der Waals surface area contributed by atoms with E-state index < -0.39 is 21.6 Å². The Bertz CT molecular complexity index is 362. The Hall–Kier alpha value is -0.0169. The summed E-state index contributed by atoms with van der Waals surface area (Å²) >= 11 is -3.46. The molecule has 0 spiro atoms. The van der Waals surface area contributed by atoms with Crippen LogP contribution in [0, 0.1) is 0 Å². The fourth-order valence-corrected chi connectivity index (χ4v) is 10.2. The second kappa shape index (κ2) is 8.43. The van der Waals surface area contributed by atoms with Crippen molar-refractivity contribution in [1.82, 2.24) is 0 Å². The van der Waals surface area contributed by atoms with Gasteiger partial charge in [0.05, 0.1) is 0 Å². The van der Waals surface area contributed by atoms with Crippen molar-refractivity contribution >= 4 is 0 Å². The van der Waals surface area contributed by atoms with Gasteiger partial charge in [-0.25, -0.2) is 0 Å². The summed E-state index contributed by atoms with van der Waals surface area (Å²) in [5.41, 5.74) is 1.30. The number of hydrogen-bond donors (Lipinski definition) is 0. The maximum absolute atomic E-state index is 6.03. The van der Waals surface area contributed by atoms with Crippen molar-refractivity contribution in [2.45, 2.75) is 44.2 Å². The van der Waals surface area contributed by atoms with Crippen molar-refractivity contribution in [3.63, 3.8) is 0 Å². The zero-order valence-electron chi connectivity index (χ0n) is 13.4. The summed E-state index contributed by atoms with van der Waals surface area (Å²) in [5, 5.41) is 0. The van der Waals surface area contributed by atoms with Crippen LogP contribution in [0.2, 0.25) is 4.13 Å². The Kier molecular flexibility index (Phi) is 7.60. The molecule has 4 heteroatoms. The SMILES string of the molecule is CC[O][Zr]([CH2]C(C)(C)c1ccccc1)([O]CC)[O]CC. The summed E-state index contributed by atoms with van der Waals surface area (Å²) in [5.74, 6) is 0. The van der Waals surface area contributed by atoms with Crippen LogP contribution >= 0.6 is 0 Å². The third-order valence-electron chi connectivity index (χ3n) is 3.31. The first-order valence-corrected chi connectivity index (χ1v) is 12.2. The average Bonchev–Trinajstić information content (AvgIpc) is 2.40. The van der Waals surface area contributed by atoms with Gasteiger partial charge < -0.3 is 0 Å². The Balaban J connectivity index is 2.97. The first-order chi connectivity index (χ1) is 9.49. The molecular formula is C16H28O3Zr. The maximum atomic E-state index is 6.03. The van der Waals surface area contributed by atoms with Gasteiger partial charge in [0, 0.05) is 0 Å². The summed E-state index contributed by atoms with van der Waals surface area (Å²) in [6.07, 6.45) is 0. The van der Waals surface area contributed by atoms with Gasteiger partial charge in [-0.3, -0.25) is 0 Å². The third kappa shape index (κ3) is 5.07. The first kappa shape index (κ1) is 18.0. The van der Waals surface area contributed by atoms with Crippen molar-refractivity contribution in [2.24, 2.45) is 0 Å². The van der Waals surface area contributed by atoms with Crippen LogP contribution in [0.3, 0.4) is 0 Å². The Morgan fingerprint density at radius 3 is 1.70 bits per heavy atom. The molecule has 0 aliphatic carbocycles. The van der Waals surface area contributed by atoms with E-state index in [1.54, 1.807) is 0 Å². The molecule has 0 fully saturated rings. The van der Waals surface area contributed by atoms with E-state index in [9.17, 15) is 0 Å². The fourth-order valence-electron chi connectivity index (χ4n) is 2.47. The topological polar surface area (TPSA) is 27.7 Å². The standard InChI is InChI=1S/C10H13.3C2H5O.Zr/c1-10(2,3)9-7-5-4-6-8-9;3*1-2-3;/h4-8H,1H2,2-3H3;3*2H2,1H3;/q;3*-1;+3. The molecule has 0 aromatic heterocycles. The minimum atomic E-state index is -3.46. The van der Waals surface area contributed by atoms with Crippen LogP contribution in [0.4, 0.5) is 0 Å². The predicted molar refractivity (Wildman–Crippen MR) is 79.2 cm³/mol. The summed E-state index contributed by atoms with van der Waals surface area (Å²) in [6.45, 7) is 12.5. The van der Waals surface area contributed by atoms with Crippen molar-refractivity contribution in [3.05, 3.63) is 35.9 Å². The molecule has 114 valence electrons. The first-order valence-electron chi connectivity index (χ1n) is 7.47. The molecule has 0 radical (unpaired) electrons. The van der Waals surface area contributed by atoms with Crippen LogP contribution in [-0.2, 0) is 35.4 Å². The molecule has 0 aliphatic heterocycles. The normalized spacial score (nSPS) is 12.7. The van der Waals surface area contributed by atoms with Crippen molar-refractivity contribution in [3.8, 4) is 0 Å². The van der Waals surface area contributed by atoms with E-state index in [1.807, 2.05) is 26.8 Å². The molecule has 0 saturated heterocycles. The van der Waals surface area contributed by atoms with Crippen molar-refractivity contribution < 1.29 is 30.0 Å². The Morgan fingerprint density at radius 1 is 0.850 bits per heavy atom. The predicted octanol–water partition coefficient (Wildman–Crippen LogP) is 4.39. The van der Waals surface area contributed by atoms with Gasteiger partial charge in [-0.05, 0) is 0 Å². The molecule has 0 N–H and O–H groups in total. The molecule has 0 atom stereocenters. The zero-order chi connectivity index (χ0) is 15.1. The minimum absolute atomic E-state index is 0.00313. The molecule has 20 heavy (non-hydrogen) atoms. The monoisotopic (exact) mass is 358 g/mol. The Labute approximate surface area is 129 Å². The summed E-state index contributed by atoms with van der Waals surface area (Å²) in [7, 11) is 0. The molecule has 0 aliphatic rings. The Morgan fingerprint density at radius 2 is 1.30 bits per heavy atom. The van der Waals surface area contributed by atoms with Crippen LogP contribution in [-0.4, -0.2) is 19.8 Å². The van der Waals surface area contributed by atoms with Crippen LogP contribution in [0.5, 0.6) is 0 Å². The van der Waals surface area contributed by atoms with Crippen molar-refractivity contribution in [2.75, 3.05) is 19.8 Å². The van der Waals surface area contributed by atoms with Gasteiger partial charge in [0.25, 0.3) is 0 Å². The molecule has 0 bridgehead atoms. The second-order valence-corrected chi connectivity index (χ2v) is 11.8. The van der Waals surface area contributed by atoms with Gasteiger partial charge in [0.15, 0.2) is 0 Å². The van der Waals surface area contributed by atoms with Crippen LogP contribution in [0.25, 0.3) is 0 Å². The molecule has 1 aromatic carbocycles. The van der Waals surface area contributed by atoms with Gasteiger partial charge in [-0.2, -0.15) is 0 Å².